The summed E-state index contributed by atoms with van der Waals surface area (Å²) in [4.78, 5) is 23.3. The molecule has 0 spiro atoms. The molecule has 1 amide bonds. The van der Waals surface area contributed by atoms with Crippen molar-refractivity contribution in [2.45, 2.75) is 37.5 Å². The van der Waals surface area contributed by atoms with Gasteiger partial charge in [0.2, 0.25) is 5.91 Å². The Bertz CT molecular complexity index is 1120. The highest BCUT2D eigenvalue weighted by molar-refractivity contribution is 5.95. The molecule has 0 atom stereocenters. The molecule has 7 nitrogen and oxygen atoms in total. The highest BCUT2D eigenvalue weighted by atomic mass is 16.2. The van der Waals surface area contributed by atoms with Gasteiger partial charge in [0.05, 0.1) is 16.4 Å². The molecule has 2 aliphatic rings. The van der Waals surface area contributed by atoms with Gasteiger partial charge in [-0.2, -0.15) is 0 Å². The zero-order chi connectivity index (χ0) is 21.4. The normalized spacial score (nSPS) is 17.1. The Labute approximate surface area is 181 Å². The van der Waals surface area contributed by atoms with Crippen molar-refractivity contribution >= 4 is 28.5 Å². The van der Waals surface area contributed by atoms with E-state index < -0.39 is 0 Å². The maximum absolute atomic E-state index is 13.1. The van der Waals surface area contributed by atoms with E-state index in [-0.39, 0.29) is 11.3 Å². The summed E-state index contributed by atoms with van der Waals surface area (Å²) < 4.78 is 0. The lowest BCUT2D eigenvalue weighted by Gasteiger charge is -2.23. The number of benzene rings is 2. The van der Waals surface area contributed by atoms with E-state index >= 15 is 0 Å². The predicted molar refractivity (Wildman–Crippen MR) is 122 cm³/mol. The smallest absolute Gasteiger partial charge is 0.233 e. The van der Waals surface area contributed by atoms with Gasteiger partial charge >= 0.3 is 0 Å². The molecule has 31 heavy (non-hydrogen) atoms. The van der Waals surface area contributed by atoms with Crippen molar-refractivity contribution < 1.29 is 4.79 Å². The summed E-state index contributed by atoms with van der Waals surface area (Å²) in [7, 11) is 0. The van der Waals surface area contributed by atoms with Crippen LogP contribution in [-0.2, 0) is 16.6 Å². The first kappa shape index (κ1) is 19.6. The van der Waals surface area contributed by atoms with Crippen molar-refractivity contribution in [1.82, 2.24) is 14.9 Å². The lowest BCUT2D eigenvalue weighted by molar-refractivity contribution is -0.132. The largest absolute Gasteiger partial charge is 0.385 e. The molecule has 1 saturated carbocycles. The number of hydrogen-bond acceptors (Lipinski definition) is 4. The Hall–Kier alpha value is -3.35. The Kier molecular flexibility index (Phi) is 4.88. The first-order valence-electron chi connectivity index (χ1n) is 11.0. The molecule has 160 valence electrons. The second kappa shape index (κ2) is 7.72. The van der Waals surface area contributed by atoms with Gasteiger partial charge in [0.1, 0.15) is 11.7 Å². The number of anilines is 1. The highest BCUT2D eigenvalue weighted by Gasteiger charge is 2.53. The number of likely N-dealkylation sites (tertiary alicyclic amines) is 1. The maximum atomic E-state index is 13.1. The van der Waals surface area contributed by atoms with Gasteiger partial charge < -0.3 is 20.9 Å². The number of carbonyl (C=O) groups excluding carboxylic acids is 1. The van der Waals surface area contributed by atoms with Crippen LogP contribution in [0.5, 0.6) is 0 Å². The van der Waals surface area contributed by atoms with Gasteiger partial charge in [-0.3, -0.25) is 10.2 Å². The van der Waals surface area contributed by atoms with Crippen LogP contribution in [0.2, 0.25) is 0 Å². The average molecular weight is 417 g/mol. The Balaban J connectivity index is 1.25. The lowest BCUT2D eigenvalue weighted by Crippen LogP contribution is -2.37. The third-order valence-corrected chi connectivity index (χ3v) is 6.52. The molecule has 2 heterocycles. The van der Waals surface area contributed by atoms with Gasteiger partial charge in [-0.15, -0.1) is 0 Å². The van der Waals surface area contributed by atoms with E-state index in [4.69, 9.17) is 16.1 Å². The Morgan fingerprint density at radius 1 is 1.16 bits per heavy atom. The average Bonchev–Trinajstić information content (AvgIpc) is 3.20. The van der Waals surface area contributed by atoms with Gasteiger partial charge in [-0.25, -0.2) is 4.98 Å². The number of fused-ring (bicyclic) bond motifs is 1. The van der Waals surface area contributed by atoms with E-state index in [1.165, 1.54) is 0 Å². The van der Waals surface area contributed by atoms with Crippen LogP contribution in [0, 0.1) is 5.41 Å². The molecule has 5 rings (SSSR count). The van der Waals surface area contributed by atoms with Crippen molar-refractivity contribution in [3.63, 3.8) is 0 Å². The number of rotatable bonds is 7. The molecule has 1 aromatic heterocycles. The summed E-state index contributed by atoms with van der Waals surface area (Å²) in [6, 6.07) is 13.8. The molecule has 1 aliphatic carbocycles. The number of aromatic amines is 1. The van der Waals surface area contributed by atoms with Crippen LogP contribution in [0.25, 0.3) is 11.0 Å². The molecule has 1 saturated heterocycles. The highest BCUT2D eigenvalue weighted by Crippen LogP contribution is 2.50. The van der Waals surface area contributed by atoms with Gasteiger partial charge in [0, 0.05) is 37.3 Å². The van der Waals surface area contributed by atoms with Crippen LogP contribution in [0.3, 0.4) is 0 Å². The van der Waals surface area contributed by atoms with Crippen molar-refractivity contribution in [3.8, 4) is 0 Å². The van der Waals surface area contributed by atoms with Crippen LogP contribution in [0.15, 0.2) is 42.5 Å². The van der Waals surface area contributed by atoms with E-state index in [0.717, 1.165) is 85.4 Å². The predicted octanol–water partition coefficient (Wildman–Crippen LogP) is 3.16. The van der Waals surface area contributed by atoms with Crippen molar-refractivity contribution in [2.24, 2.45) is 5.73 Å². The van der Waals surface area contributed by atoms with E-state index in [9.17, 15) is 4.79 Å². The van der Waals surface area contributed by atoms with E-state index in [2.05, 4.69) is 28.5 Å². The number of imidazole rings is 1. The second-order valence-corrected chi connectivity index (χ2v) is 8.66. The molecular weight excluding hydrogens is 388 g/mol. The molecular formula is C24H28N6O. The van der Waals surface area contributed by atoms with Gasteiger partial charge in [0.25, 0.3) is 0 Å². The molecule has 2 aromatic carbocycles. The SMILES string of the molecule is N=C(N)c1ccc(NCCc2nc3cc(C4(C(=O)N5CCCC5)CC4)ccc3[nH]2)cc1. The molecule has 0 unspecified atom stereocenters. The standard InChI is InChI=1S/C24H28N6O/c25-22(26)16-3-6-18(7-4-16)27-12-9-21-28-19-8-5-17(15-20(19)29-21)24(10-11-24)23(31)30-13-1-2-14-30/h3-8,15,27H,1-2,9-14H2,(H3,25,26)(H,28,29). The minimum absolute atomic E-state index is 0.0725. The van der Waals surface area contributed by atoms with Crippen LogP contribution in [-0.4, -0.2) is 46.2 Å². The minimum Gasteiger partial charge on any atom is -0.385 e. The van der Waals surface area contributed by atoms with Gasteiger partial charge in [-0.1, -0.05) is 6.07 Å². The number of carbonyl (C=O) groups is 1. The second-order valence-electron chi connectivity index (χ2n) is 8.66. The van der Waals surface area contributed by atoms with Crippen LogP contribution < -0.4 is 11.1 Å². The number of H-pyrrole nitrogens is 1. The third-order valence-electron chi connectivity index (χ3n) is 6.52. The number of nitrogens with zero attached hydrogens (tertiary/aromatic N) is 2. The molecule has 1 aliphatic heterocycles. The molecule has 2 fully saturated rings. The Morgan fingerprint density at radius 2 is 1.90 bits per heavy atom. The molecule has 0 bridgehead atoms. The fraction of sp³-hybridized carbons (Fsp3) is 0.375. The molecule has 7 heteroatoms. The zero-order valence-corrected chi connectivity index (χ0v) is 17.6. The maximum Gasteiger partial charge on any atom is 0.233 e. The topological polar surface area (TPSA) is 111 Å². The first-order valence-corrected chi connectivity index (χ1v) is 11.0. The molecule has 3 aromatic rings. The van der Waals surface area contributed by atoms with Gasteiger partial charge in [0.15, 0.2) is 0 Å². The summed E-state index contributed by atoms with van der Waals surface area (Å²) in [6.45, 7) is 2.54. The van der Waals surface area contributed by atoms with Crippen LogP contribution in [0.1, 0.15) is 42.6 Å². The lowest BCUT2D eigenvalue weighted by atomic mass is 9.94. The molecule has 0 radical (unpaired) electrons. The molecule has 5 N–H and O–H groups in total. The number of aromatic nitrogens is 2. The van der Waals surface area contributed by atoms with Crippen molar-refractivity contribution in [2.75, 3.05) is 25.0 Å². The van der Waals surface area contributed by atoms with E-state index in [1.807, 2.05) is 29.2 Å². The summed E-state index contributed by atoms with van der Waals surface area (Å²) in [6.07, 6.45) is 4.89. The summed E-state index contributed by atoms with van der Waals surface area (Å²) in [5.74, 6) is 1.30. The monoisotopic (exact) mass is 416 g/mol. The zero-order valence-electron chi connectivity index (χ0n) is 17.6. The fourth-order valence-corrected chi connectivity index (χ4v) is 4.54. The van der Waals surface area contributed by atoms with Crippen LogP contribution >= 0.6 is 0 Å². The third kappa shape index (κ3) is 3.76. The fourth-order valence-electron chi connectivity index (χ4n) is 4.54. The van der Waals surface area contributed by atoms with Gasteiger partial charge in [-0.05, 0) is 67.6 Å². The number of nitrogens with one attached hydrogen (secondary N) is 3. The van der Waals surface area contributed by atoms with Crippen molar-refractivity contribution in [3.05, 3.63) is 59.4 Å². The summed E-state index contributed by atoms with van der Waals surface area (Å²) in [5.41, 5.74) is 9.93. The van der Waals surface area contributed by atoms with E-state index in [0.29, 0.717) is 5.91 Å². The van der Waals surface area contributed by atoms with E-state index in [1.54, 1.807) is 0 Å². The van der Waals surface area contributed by atoms with Crippen molar-refractivity contribution in [1.29, 1.82) is 5.41 Å². The Morgan fingerprint density at radius 3 is 2.58 bits per heavy atom. The van der Waals surface area contributed by atoms with Crippen LogP contribution in [0.4, 0.5) is 5.69 Å². The number of hydrogen-bond donors (Lipinski definition) is 4. The summed E-state index contributed by atoms with van der Waals surface area (Å²) >= 11 is 0. The quantitative estimate of drug-likeness (QED) is 0.350. The number of nitrogens with two attached hydrogens (primary N) is 1. The number of amidine groups is 1. The first-order chi connectivity index (χ1) is 15.0. The summed E-state index contributed by atoms with van der Waals surface area (Å²) in [5, 5.41) is 10.8. The number of nitrogen functional groups attached to an aromatic ring is 1. The number of amides is 1. The minimum atomic E-state index is -0.314.